The second-order valence-corrected chi connectivity index (χ2v) is 6.69. The van der Waals surface area contributed by atoms with Crippen molar-refractivity contribution in [2.45, 2.75) is 12.6 Å². The summed E-state index contributed by atoms with van der Waals surface area (Å²) in [7, 11) is 3.49. The molecule has 3 rings (SSSR count). The van der Waals surface area contributed by atoms with Crippen LogP contribution in [0.2, 0.25) is 0 Å². The van der Waals surface area contributed by atoms with Gasteiger partial charge >= 0.3 is 0 Å². The predicted molar refractivity (Wildman–Crippen MR) is 113 cm³/mol. The van der Waals surface area contributed by atoms with Crippen molar-refractivity contribution >= 4 is 5.96 Å². The zero-order valence-electron chi connectivity index (χ0n) is 16.7. The Balaban J connectivity index is 1.62. The number of nitrogens with zero attached hydrogens (tertiary/aromatic N) is 2. The normalized spacial score (nSPS) is 16.4. The third kappa shape index (κ3) is 5.47. The molecule has 6 heteroatoms. The molecule has 2 N–H and O–H groups in total. The van der Waals surface area contributed by atoms with Crippen molar-refractivity contribution in [1.29, 1.82) is 0 Å². The van der Waals surface area contributed by atoms with Crippen LogP contribution in [0.25, 0.3) is 0 Å². The first-order valence-corrected chi connectivity index (χ1v) is 9.75. The molecule has 150 valence electrons. The van der Waals surface area contributed by atoms with Gasteiger partial charge in [0.25, 0.3) is 0 Å². The Morgan fingerprint density at radius 3 is 2.50 bits per heavy atom. The average molecular weight is 383 g/mol. The molecule has 1 unspecified atom stereocenters. The third-order valence-corrected chi connectivity index (χ3v) is 5.00. The van der Waals surface area contributed by atoms with E-state index in [2.05, 4.69) is 56.9 Å². The maximum Gasteiger partial charge on any atom is 0.191 e. The Labute approximate surface area is 167 Å². The van der Waals surface area contributed by atoms with Crippen LogP contribution < -0.4 is 15.4 Å². The quantitative estimate of drug-likeness (QED) is 0.569. The molecule has 0 bridgehead atoms. The molecule has 6 nitrogen and oxygen atoms in total. The van der Waals surface area contributed by atoms with Crippen molar-refractivity contribution in [1.82, 2.24) is 15.5 Å². The molecule has 1 heterocycles. The maximum atomic E-state index is 5.53. The number of rotatable bonds is 7. The van der Waals surface area contributed by atoms with Gasteiger partial charge in [-0.1, -0.05) is 48.5 Å². The first-order valence-electron chi connectivity index (χ1n) is 9.75. The summed E-state index contributed by atoms with van der Waals surface area (Å²) in [5, 5.41) is 6.87. The molecular formula is C22H30N4O2. The molecule has 0 radical (unpaired) electrons. The lowest BCUT2D eigenvalue weighted by Gasteiger charge is -2.35. The van der Waals surface area contributed by atoms with Crippen LogP contribution in [-0.4, -0.2) is 57.9 Å². The number of nitrogens with one attached hydrogen (secondary N) is 2. The number of hydrogen-bond acceptors (Lipinski definition) is 4. The molecule has 0 amide bonds. The van der Waals surface area contributed by atoms with E-state index in [-0.39, 0.29) is 6.04 Å². The van der Waals surface area contributed by atoms with Gasteiger partial charge in [0.05, 0.1) is 26.4 Å². The van der Waals surface area contributed by atoms with E-state index in [9.17, 15) is 0 Å². The largest absolute Gasteiger partial charge is 0.496 e. The predicted octanol–water partition coefficient (Wildman–Crippen LogP) is 2.43. The second-order valence-electron chi connectivity index (χ2n) is 6.69. The summed E-state index contributed by atoms with van der Waals surface area (Å²) < 4.78 is 11.0. The van der Waals surface area contributed by atoms with E-state index in [0.29, 0.717) is 6.54 Å². The summed E-state index contributed by atoms with van der Waals surface area (Å²) in [6.45, 7) is 4.87. The fraction of sp³-hybridized carbons (Fsp3) is 0.409. The topological polar surface area (TPSA) is 58.1 Å². The van der Waals surface area contributed by atoms with Crippen molar-refractivity contribution in [3.63, 3.8) is 0 Å². The zero-order chi connectivity index (χ0) is 19.6. The lowest BCUT2D eigenvalue weighted by molar-refractivity contribution is 0.0170. The van der Waals surface area contributed by atoms with Gasteiger partial charge in [0.2, 0.25) is 0 Å². The van der Waals surface area contributed by atoms with Crippen molar-refractivity contribution in [3.8, 4) is 5.75 Å². The van der Waals surface area contributed by atoms with Gasteiger partial charge in [0.15, 0.2) is 5.96 Å². The minimum absolute atomic E-state index is 0.273. The van der Waals surface area contributed by atoms with Gasteiger partial charge in [-0.2, -0.15) is 0 Å². The molecule has 1 aliphatic heterocycles. The lowest BCUT2D eigenvalue weighted by Crippen LogP contribution is -2.46. The number of morpholine rings is 1. The highest BCUT2D eigenvalue weighted by molar-refractivity contribution is 5.79. The minimum atomic E-state index is 0.273. The lowest BCUT2D eigenvalue weighted by atomic mass is 10.0. The molecule has 0 aromatic heterocycles. The smallest absolute Gasteiger partial charge is 0.191 e. The summed E-state index contributed by atoms with van der Waals surface area (Å²) in [4.78, 5) is 6.85. The Bertz CT molecular complexity index is 745. The molecule has 1 fully saturated rings. The van der Waals surface area contributed by atoms with Gasteiger partial charge in [-0.25, -0.2) is 0 Å². The number of para-hydroxylation sites is 1. The van der Waals surface area contributed by atoms with Crippen LogP contribution in [0.4, 0.5) is 0 Å². The summed E-state index contributed by atoms with van der Waals surface area (Å²) in [5.74, 6) is 1.65. The highest BCUT2D eigenvalue weighted by atomic mass is 16.5. The minimum Gasteiger partial charge on any atom is -0.496 e. The van der Waals surface area contributed by atoms with Crippen LogP contribution in [0.15, 0.2) is 59.6 Å². The van der Waals surface area contributed by atoms with E-state index in [1.54, 1.807) is 14.2 Å². The van der Waals surface area contributed by atoms with Crippen LogP contribution in [0, 0.1) is 0 Å². The Morgan fingerprint density at radius 2 is 1.79 bits per heavy atom. The molecule has 1 saturated heterocycles. The Morgan fingerprint density at radius 1 is 1.07 bits per heavy atom. The van der Waals surface area contributed by atoms with Crippen molar-refractivity contribution in [2.75, 3.05) is 47.0 Å². The molecule has 1 atom stereocenters. The van der Waals surface area contributed by atoms with Gasteiger partial charge in [0.1, 0.15) is 5.75 Å². The number of hydrogen-bond donors (Lipinski definition) is 2. The molecular weight excluding hydrogens is 352 g/mol. The molecule has 0 aliphatic carbocycles. The van der Waals surface area contributed by atoms with Crippen LogP contribution in [0.3, 0.4) is 0 Å². The monoisotopic (exact) mass is 382 g/mol. The van der Waals surface area contributed by atoms with Gasteiger partial charge < -0.3 is 20.1 Å². The first kappa shape index (κ1) is 20.2. The number of methoxy groups -OCH3 is 1. The highest BCUT2D eigenvalue weighted by Gasteiger charge is 2.22. The number of aliphatic imine (C=N–C) groups is 1. The Hall–Kier alpha value is -2.57. The Kier molecular flexibility index (Phi) is 7.70. The van der Waals surface area contributed by atoms with Crippen molar-refractivity contribution in [2.24, 2.45) is 4.99 Å². The fourth-order valence-corrected chi connectivity index (χ4v) is 3.46. The molecule has 0 saturated carbocycles. The maximum absolute atomic E-state index is 5.53. The summed E-state index contributed by atoms with van der Waals surface area (Å²) >= 11 is 0. The van der Waals surface area contributed by atoms with Gasteiger partial charge in [-0.3, -0.25) is 9.89 Å². The molecule has 2 aromatic carbocycles. The van der Waals surface area contributed by atoms with Gasteiger partial charge in [-0.05, 0) is 11.6 Å². The molecule has 1 aliphatic rings. The van der Waals surface area contributed by atoms with Gasteiger partial charge in [-0.15, -0.1) is 0 Å². The number of ether oxygens (including phenoxy) is 2. The van der Waals surface area contributed by atoms with E-state index in [4.69, 9.17) is 9.47 Å². The third-order valence-electron chi connectivity index (χ3n) is 5.00. The van der Waals surface area contributed by atoms with Crippen molar-refractivity contribution in [3.05, 3.63) is 65.7 Å². The number of guanidine groups is 1. The van der Waals surface area contributed by atoms with Crippen LogP contribution in [-0.2, 0) is 11.3 Å². The van der Waals surface area contributed by atoms with E-state index < -0.39 is 0 Å². The zero-order valence-corrected chi connectivity index (χ0v) is 16.7. The highest BCUT2D eigenvalue weighted by Crippen LogP contribution is 2.21. The molecule has 28 heavy (non-hydrogen) atoms. The van der Waals surface area contributed by atoms with E-state index >= 15 is 0 Å². The van der Waals surface area contributed by atoms with E-state index in [0.717, 1.165) is 50.1 Å². The van der Waals surface area contributed by atoms with E-state index in [1.807, 2.05) is 18.2 Å². The standard InChI is InChI=1S/C22H30N4O2/c1-23-22(24-16-19-10-6-7-11-21(19)27-2)25-17-20(18-8-4-3-5-9-18)26-12-14-28-15-13-26/h3-11,20H,12-17H2,1-2H3,(H2,23,24,25). The van der Waals surface area contributed by atoms with Gasteiger partial charge in [0, 0.05) is 38.8 Å². The SMILES string of the molecule is CN=C(NCc1ccccc1OC)NCC(c1ccccc1)N1CCOCC1. The van der Waals surface area contributed by atoms with Crippen LogP contribution >= 0.6 is 0 Å². The van der Waals surface area contributed by atoms with Crippen LogP contribution in [0.5, 0.6) is 5.75 Å². The van der Waals surface area contributed by atoms with Crippen LogP contribution in [0.1, 0.15) is 17.2 Å². The fourth-order valence-electron chi connectivity index (χ4n) is 3.46. The number of benzene rings is 2. The first-order chi connectivity index (χ1) is 13.8. The van der Waals surface area contributed by atoms with Crippen molar-refractivity contribution < 1.29 is 9.47 Å². The summed E-state index contributed by atoms with van der Waals surface area (Å²) in [5.41, 5.74) is 2.40. The molecule has 2 aromatic rings. The van der Waals surface area contributed by atoms with E-state index in [1.165, 1.54) is 5.56 Å². The average Bonchev–Trinajstić information content (AvgIpc) is 2.77. The second kappa shape index (κ2) is 10.7. The molecule has 0 spiro atoms. The summed E-state index contributed by atoms with van der Waals surface area (Å²) in [6.07, 6.45) is 0. The summed E-state index contributed by atoms with van der Waals surface area (Å²) in [6, 6.07) is 18.9.